The van der Waals surface area contributed by atoms with E-state index in [0.717, 1.165) is 15.2 Å². The number of halogens is 1. The molecule has 0 spiro atoms. The molecular weight excluding hydrogens is 398 g/mol. The van der Waals surface area contributed by atoms with E-state index in [1.165, 1.54) is 11.8 Å². The van der Waals surface area contributed by atoms with Crippen LogP contribution in [0.25, 0.3) is 0 Å². The summed E-state index contributed by atoms with van der Waals surface area (Å²) >= 11 is 10.1. The molecule has 8 heteroatoms. The Morgan fingerprint density at radius 3 is 2.83 bits per heavy atom. The smallest absolute Gasteiger partial charge is 0.338 e. The monoisotopic (exact) mass is 411 g/mol. The molecule has 1 unspecified atom stereocenters. The van der Waals surface area contributed by atoms with Gasteiger partial charge in [0.05, 0.1) is 17.9 Å². The van der Waals surface area contributed by atoms with Gasteiger partial charge in [-0.15, -0.1) is 0 Å². The molecule has 2 aliphatic heterocycles. The maximum Gasteiger partial charge on any atom is 0.338 e. The maximum atomic E-state index is 12.5. The lowest BCUT2D eigenvalue weighted by atomic mass is 9.96. The van der Waals surface area contributed by atoms with E-state index < -0.39 is 0 Å². The first-order valence-electron chi connectivity index (χ1n) is 7.01. The molecule has 5 nitrogen and oxygen atoms in total. The molecule has 0 radical (unpaired) electrons. The van der Waals surface area contributed by atoms with Crippen molar-refractivity contribution in [2.24, 2.45) is 4.99 Å². The number of carbonyl (C=O) groups excluding carboxylic acids is 1. The number of rotatable bonds is 3. The number of esters is 1. The highest BCUT2D eigenvalue weighted by Crippen LogP contribution is 2.39. The number of nitrogens with one attached hydrogen (secondary N) is 1. The topological polar surface area (TPSA) is 53.9 Å². The third-order valence-electron chi connectivity index (χ3n) is 3.47. The van der Waals surface area contributed by atoms with E-state index in [1.54, 1.807) is 6.92 Å². The number of allylic oxidation sites excluding steroid dienone is 1. The first-order valence-corrected chi connectivity index (χ1v) is 9.02. The summed E-state index contributed by atoms with van der Waals surface area (Å²) in [6, 6.07) is 7.50. The van der Waals surface area contributed by atoms with Gasteiger partial charge in [0.2, 0.25) is 0 Å². The van der Waals surface area contributed by atoms with Crippen LogP contribution in [0.4, 0.5) is 0 Å². The van der Waals surface area contributed by atoms with Gasteiger partial charge in [0, 0.05) is 4.47 Å². The number of benzene rings is 1. The molecule has 1 N–H and O–H groups in total. The highest BCUT2D eigenvalue weighted by atomic mass is 79.9. The van der Waals surface area contributed by atoms with Gasteiger partial charge in [-0.25, -0.2) is 9.79 Å². The van der Waals surface area contributed by atoms with Crippen LogP contribution >= 0.6 is 39.9 Å². The summed E-state index contributed by atoms with van der Waals surface area (Å²) in [4.78, 5) is 17.0. The first-order chi connectivity index (χ1) is 11.0. The predicted molar refractivity (Wildman–Crippen MR) is 98.8 cm³/mol. The lowest BCUT2D eigenvalue weighted by molar-refractivity contribution is -0.139. The highest BCUT2D eigenvalue weighted by molar-refractivity contribution is 9.10. The second kappa shape index (κ2) is 6.62. The second-order valence-corrected chi connectivity index (χ2v) is 7.50. The van der Waals surface area contributed by atoms with Crippen molar-refractivity contribution < 1.29 is 9.53 Å². The van der Waals surface area contributed by atoms with Gasteiger partial charge in [-0.1, -0.05) is 40.3 Å². The number of thioether (sulfide) groups is 1. The second-order valence-electron chi connectivity index (χ2n) is 4.94. The Kier molecular flexibility index (Phi) is 4.74. The van der Waals surface area contributed by atoms with Crippen LogP contribution in [0.2, 0.25) is 0 Å². The van der Waals surface area contributed by atoms with E-state index >= 15 is 0 Å². The van der Waals surface area contributed by atoms with Crippen molar-refractivity contribution in [3.8, 4) is 0 Å². The van der Waals surface area contributed by atoms with Gasteiger partial charge in [0.15, 0.2) is 9.49 Å². The lowest BCUT2D eigenvalue weighted by Crippen LogP contribution is -2.43. The van der Waals surface area contributed by atoms with Gasteiger partial charge < -0.3 is 4.74 Å². The largest absolute Gasteiger partial charge is 0.463 e. The van der Waals surface area contributed by atoms with E-state index in [9.17, 15) is 4.79 Å². The van der Waals surface area contributed by atoms with E-state index in [0.29, 0.717) is 22.2 Å². The molecule has 0 bridgehead atoms. The fourth-order valence-electron chi connectivity index (χ4n) is 2.51. The Morgan fingerprint density at radius 2 is 2.17 bits per heavy atom. The summed E-state index contributed by atoms with van der Waals surface area (Å²) in [6.45, 7) is 3.93. The molecule has 0 amide bonds. The molecule has 0 aromatic heterocycles. The summed E-state index contributed by atoms with van der Waals surface area (Å²) in [6.07, 6.45) is 0. The Labute approximate surface area is 152 Å². The normalized spacial score (nSPS) is 20.1. The van der Waals surface area contributed by atoms with E-state index in [-0.39, 0.29) is 12.0 Å². The average molecular weight is 412 g/mol. The van der Waals surface area contributed by atoms with Crippen molar-refractivity contribution in [2.45, 2.75) is 19.9 Å². The number of hydrogen-bond acceptors (Lipinski definition) is 6. The van der Waals surface area contributed by atoms with E-state index in [4.69, 9.17) is 17.0 Å². The average Bonchev–Trinajstić information content (AvgIpc) is 2.86. The Hall–Kier alpha value is -1.38. The molecule has 0 saturated carbocycles. The number of thiocarbonyl (C=S) groups is 1. The molecule has 2 heterocycles. The molecule has 1 atom stereocenters. The minimum absolute atomic E-state index is 0.319. The van der Waals surface area contributed by atoms with Crippen LogP contribution in [-0.4, -0.2) is 27.1 Å². The molecule has 1 saturated heterocycles. The van der Waals surface area contributed by atoms with Gasteiger partial charge in [-0.3, -0.25) is 10.4 Å². The molecule has 3 rings (SSSR count). The zero-order chi connectivity index (χ0) is 16.6. The number of ether oxygens (including phenoxy) is 1. The van der Waals surface area contributed by atoms with Crippen LogP contribution in [0.1, 0.15) is 25.5 Å². The maximum absolute atomic E-state index is 12.5. The summed E-state index contributed by atoms with van der Waals surface area (Å²) < 4.78 is 6.82. The summed E-state index contributed by atoms with van der Waals surface area (Å²) in [5.74, 6) is -0.356. The van der Waals surface area contributed by atoms with E-state index in [2.05, 4.69) is 26.3 Å². The molecule has 0 aliphatic carbocycles. The zero-order valence-electron chi connectivity index (χ0n) is 12.5. The summed E-state index contributed by atoms with van der Waals surface area (Å²) in [7, 11) is 0. The van der Waals surface area contributed by atoms with Crippen molar-refractivity contribution >= 4 is 55.4 Å². The molecule has 1 aromatic carbocycles. The Morgan fingerprint density at radius 1 is 1.48 bits per heavy atom. The SMILES string of the molecule is CCOC(=O)C1=C(C)N=C2SC(=S)NN2C1c1ccc(Br)cc1. The van der Waals surface area contributed by atoms with Gasteiger partial charge in [-0.05, 0) is 43.3 Å². The van der Waals surface area contributed by atoms with Crippen LogP contribution in [0.15, 0.2) is 45.0 Å². The fourth-order valence-corrected chi connectivity index (χ4v) is 3.84. The fraction of sp³-hybridized carbons (Fsp3) is 0.267. The third kappa shape index (κ3) is 3.15. The van der Waals surface area contributed by atoms with Crippen molar-refractivity contribution in [1.82, 2.24) is 10.4 Å². The van der Waals surface area contributed by atoms with Crippen LogP contribution in [0, 0.1) is 0 Å². The van der Waals surface area contributed by atoms with Gasteiger partial charge in [0.1, 0.15) is 6.04 Å². The quantitative estimate of drug-likeness (QED) is 0.606. The molecular formula is C15H14BrN3O2S2. The van der Waals surface area contributed by atoms with Gasteiger partial charge in [0.25, 0.3) is 0 Å². The minimum Gasteiger partial charge on any atom is -0.463 e. The van der Waals surface area contributed by atoms with Crippen LogP contribution in [0.5, 0.6) is 0 Å². The number of carbonyl (C=O) groups is 1. The van der Waals surface area contributed by atoms with Gasteiger partial charge >= 0.3 is 5.97 Å². The minimum atomic E-state index is -0.356. The number of nitrogens with zero attached hydrogens (tertiary/aromatic N) is 2. The van der Waals surface area contributed by atoms with Crippen molar-refractivity contribution in [3.05, 3.63) is 45.6 Å². The molecule has 23 heavy (non-hydrogen) atoms. The number of hydrazine groups is 1. The molecule has 2 aliphatic rings. The Balaban J connectivity index is 2.10. The zero-order valence-corrected chi connectivity index (χ0v) is 15.7. The van der Waals surface area contributed by atoms with Crippen molar-refractivity contribution in [2.75, 3.05) is 6.61 Å². The number of hydrogen-bond donors (Lipinski definition) is 1. The standard InChI is InChI=1S/C15H14BrN3O2S2/c1-3-21-13(20)11-8(2)17-14-19(18-15(22)23-14)12(11)9-4-6-10(16)7-5-9/h4-7,12H,3H2,1-2H3,(H,18,22). The molecule has 120 valence electrons. The third-order valence-corrected chi connectivity index (χ3v) is 5.08. The summed E-state index contributed by atoms with van der Waals surface area (Å²) in [5.41, 5.74) is 5.25. The van der Waals surface area contributed by atoms with Crippen LogP contribution in [-0.2, 0) is 9.53 Å². The van der Waals surface area contributed by atoms with Crippen LogP contribution in [0.3, 0.4) is 0 Å². The van der Waals surface area contributed by atoms with Gasteiger partial charge in [-0.2, -0.15) is 0 Å². The highest BCUT2D eigenvalue weighted by Gasteiger charge is 2.40. The number of amidine groups is 1. The number of fused-ring (bicyclic) bond motifs is 1. The molecule has 1 fully saturated rings. The molecule has 1 aromatic rings. The predicted octanol–water partition coefficient (Wildman–Crippen LogP) is 3.54. The first kappa shape index (κ1) is 16.5. The Bertz CT molecular complexity index is 731. The van der Waals surface area contributed by atoms with Crippen molar-refractivity contribution in [1.29, 1.82) is 0 Å². The summed E-state index contributed by atoms with van der Waals surface area (Å²) in [5, 5.41) is 2.57. The van der Waals surface area contributed by atoms with Crippen LogP contribution < -0.4 is 5.43 Å². The number of aliphatic imine (C=N–C) groups is 1. The lowest BCUT2D eigenvalue weighted by Gasteiger charge is -2.33. The van der Waals surface area contributed by atoms with E-state index in [1.807, 2.05) is 36.2 Å². The van der Waals surface area contributed by atoms with Crippen molar-refractivity contribution in [3.63, 3.8) is 0 Å².